The molecule has 140 valence electrons. The highest BCUT2D eigenvalue weighted by atomic mass is 31.2. The lowest BCUT2D eigenvalue weighted by Crippen LogP contribution is -2.34. The summed E-state index contributed by atoms with van der Waals surface area (Å²) < 4.78 is 47.8. The van der Waals surface area contributed by atoms with Crippen molar-refractivity contribution in [3.63, 3.8) is 0 Å². The lowest BCUT2D eigenvalue weighted by molar-refractivity contribution is 0.119. The molecular formula is C6H19NO12P4. The summed E-state index contributed by atoms with van der Waals surface area (Å²) in [7, 11) is -17.4. The predicted molar refractivity (Wildman–Crippen MR) is 78.1 cm³/mol. The van der Waals surface area contributed by atoms with Gasteiger partial charge in [0.1, 0.15) is 13.0 Å². The van der Waals surface area contributed by atoms with Crippen LogP contribution in [0.3, 0.4) is 0 Å². The highest BCUT2D eigenvalue weighted by molar-refractivity contribution is 7.53. The molecule has 0 aliphatic heterocycles. The Morgan fingerprint density at radius 2 is 1.35 bits per heavy atom. The Morgan fingerprint density at radius 3 is 1.65 bits per heavy atom. The fourth-order valence-corrected chi connectivity index (χ4v) is 4.82. The molecule has 1 atom stereocenters. The SMILES string of the molecule is O=[PH](O)OCN(CC(CP(=O)(O)O)CP(=O)(O)O)CP(=O)(O)O. The largest absolute Gasteiger partial charge is 0.339 e. The Hall–Kier alpha value is 0.560. The van der Waals surface area contributed by atoms with Crippen molar-refractivity contribution >= 4 is 31.0 Å². The smallest absolute Gasteiger partial charge is 0.326 e. The molecule has 0 aromatic heterocycles. The van der Waals surface area contributed by atoms with Gasteiger partial charge in [0.2, 0.25) is 0 Å². The molecule has 0 rings (SSSR count). The van der Waals surface area contributed by atoms with Crippen LogP contribution in [0.5, 0.6) is 0 Å². The maximum absolute atomic E-state index is 11.0. The van der Waals surface area contributed by atoms with Gasteiger partial charge in [-0.2, -0.15) is 0 Å². The minimum atomic E-state index is -4.66. The molecule has 0 aromatic carbocycles. The molecule has 0 aromatic rings. The van der Waals surface area contributed by atoms with Crippen molar-refractivity contribution in [1.82, 2.24) is 4.90 Å². The lowest BCUT2D eigenvalue weighted by atomic mass is 10.2. The highest BCUT2D eigenvalue weighted by Gasteiger charge is 2.31. The number of rotatable bonds is 11. The second kappa shape index (κ2) is 9.31. The topological polar surface area (TPSA) is 222 Å². The van der Waals surface area contributed by atoms with Gasteiger partial charge in [0.15, 0.2) is 0 Å². The van der Waals surface area contributed by atoms with Crippen LogP contribution in [0.1, 0.15) is 0 Å². The molecule has 0 amide bonds. The summed E-state index contributed by atoms with van der Waals surface area (Å²) in [6.45, 7) is -1.34. The van der Waals surface area contributed by atoms with Crippen LogP contribution in [0.4, 0.5) is 0 Å². The lowest BCUT2D eigenvalue weighted by Gasteiger charge is -2.27. The zero-order valence-corrected chi connectivity index (χ0v) is 15.3. The maximum Gasteiger partial charge on any atom is 0.339 e. The molecule has 0 aliphatic carbocycles. The first-order valence-corrected chi connectivity index (χ1v) is 12.4. The van der Waals surface area contributed by atoms with Crippen molar-refractivity contribution in [1.29, 1.82) is 0 Å². The predicted octanol–water partition coefficient (Wildman–Crippen LogP) is -1.25. The number of nitrogens with zero attached hydrogens (tertiary/aromatic N) is 1. The minimum Gasteiger partial charge on any atom is -0.326 e. The Kier molecular flexibility index (Phi) is 9.54. The standard InChI is InChI=1S/C6H19NO12P4/c8-20(9)19-4-7(5-23(16,17)18)1-6(2-21(10,11)12)3-22(13,14)15/h6,20H,1-5H2,(H,8,9)(H2,10,11,12)(H2,13,14,15)(H2,16,17,18). The van der Waals surface area contributed by atoms with Gasteiger partial charge in [-0.25, -0.2) is 0 Å². The second-order valence-electron chi connectivity index (χ2n) is 4.76. The van der Waals surface area contributed by atoms with Crippen molar-refractivity contribution in [2.75, 3.05) is 31.9 Å². The van der Waals surface area contributed by atoms with Gasteiger partial charge in [-0.3, -0.25) is 27.7 Å². The Morgan fingerprint density at radius 1 is 0.913 bits per heavy atom. The van der Waals surface area contributed by atoms with Gasteiger partial charge in [0, 0.05) is 6.54 Å². The number of hydrogen-bond donors (Lipinski definition) is 7. The summed E-state index contributed by atoms with van der Waals surface area (Å²) >= 11 is 0. The van der Waals surface area contributed by atoms with Gasteiger partial charge in [-0.1, -0.05) is 0 Å². The summed E-state index contributed by atoms with van der Waals surface area (Å²) in [6, 6.07) is 0. The van der Waals surface area contributed by atoms with Crippen molar-refractivity contribution in [2.24, 2.45) is 5.92 Å². The first-order chi connectivity index (χ1) is 10.1. The molecule has 23 heavy (non-hydrogen) atoms. The van der Waals surface area contributed by atoms with E-state index in [0.717, 1.165) is 4.90 Å². The fraction of sp³-hybridized carbons (Fsp3) is 1.00. The minimum absolute atomic E-state index is 0.573. The van der Waals surface area contributed by atoms with Gasteiger partial charge in [-0.05, 0) is 5.92 Å². The van der Waals surface area contributed by atoms with E-state index in [1.165, 1.54) is 0 Å². The van der Waals surface area contributed by atoms with E-state index in [2.05, 4.69) is 4.52 Å². The average Bonchev–Trinajstić information content (AvgIpc) is 2.18. The molecule has 0 fully saturated rings. The van der Waals surface area contributed by atoms with E-state index in [4.69, 9.17) is 34.3 Å². The normalized spacial score (nSPS) is 15.3. The quantitative estimate of drug-likeness (QED) is 0.153. The van der Waals surface area contributed by atoms with Crippen LogP contribution in [0.15, 0.2) is 0 Å². The molecule has 13 nitrogen and oxygen atoms in total. The molecule has 1 unspecified atom stereocenters. The van der Waals surface area contributed by atoms with E-state index in [0.29, 0.717) is 0 Å². The van der Waals surface area contributed by atoms with Gasteiger partial charge >= 0.3 is 31.0 Å². The van der Waals surface area contributed by atoms with Crippen molar-refractivity contribution < 1.29 is 57.0 Å². The Balaban J connectivity index is 5.14. The molecule has 0 bridgehead atoms. The molecule has 17 heteroatoms. The summed E-state index contributed by atoms with van der Waals surface area (Å²) in [6.07, 6.45) is -2.87. The van der Waals surface area contributed by atoms with E-state index in [-0.39, 0.29) is 0 Å². The average molecular weight is 421 g/mol. The Labute approximate surface area is 131 Å². The van der Waals surface area contributed by atoms with Crippen LogP contribution >= 0.6 is 31.0 Å². The molecule has 0 aliphatic rings. The van der Waals surface area contributed by atoms with Crippen LogP contribution in [-0.4, -0.2) is 71.0 Å². The summed E-state index contributed by atoms with van der Waals surface area (Å²) in [5.74, 6) is -1.33. The van der Waals surface area contributed by atoms with E-state index in [9.17, 15) is 18.3 Å². The van der Waals surface area contributed by atoms with E-state index >= 15 is 0 Å². The van der Waals surface area contributed by atoms with Crippen molar-refractivity contribution in [2.45, 2.75) is 0 Å². The molecule has 0 heterocycles. The summed E-state index contributed by atoms with van der Waals surface area (Å²) in [5.41, 5.74) is 0. The van der Waals surface area contributed by atoms with E-state index < -0.39 is 68.8 Å². The third-order valence-corrected chi connectivity index (χ3v) is 5.39. The third-order valence-electron chi connectivity index (χ3n) is 2.26. The first kappa shape index (κ1) is 23.6. The molecular weight excluding hydrogens is 402 g/mol. The molecule has 0 saturated carbocycles. The molecule has 7 N–H and O–H groups in total. The van der Waals surface area contributed by atoms with E-state index in [1.807, 2.05) is 0 Å². The van der Waals surface area contributed by atoms with Crippen LogP contribution < -0.4 is 0 Å². The zero-order valence-electron chi connectivity index (χ0n) is 11.6. The van der Waals surface area contributed by atoms with Gasteiger partial charge in [-0.15, -0.1) is 0 Å². The molecule has 0 spiro atoms. The first-order valence-electron chi connectivity index (χ1n) is 5.79. The highest BCUT2D eigenvalue weighted by Crippen LogP contribution is 2.44. The van der Waals surface area contributed by atoms with Crippen LogP contribution in [0, 0.1) is 5.92 Å². The van der Waals surface area contributed by atoms with E-state index in [1.54, 1.807) is 0 Å². The van der Waals surface area contributed by atoms with Gasteiger partial charge in [0.05, 0.1) is 12.3 Å². The fourth-order valence-electron chi connectivity index (χ4n) is 1.77. The third kappa shape index (κ3) is 15.8. The molecule has 0 radical (unpaired) electrons. The summed E-state index contributed by atoms with van der Waals surface area (Å²) in [4.78, 5) is 62.8. The van der Waals surface area contributed by atoms with Crippen LogP contribution in [0.25, 0.3) is 0 Å². The van der Waals surface area contributed by atoms with Crippen molar-refractivity contribution in [3.8, 4) is 0 Å². The van der Waals surface area contributed by atoms with Crippen LogP contribution in [0.2, 0.25) is 0 Å². The monoisotopic (exact) mass is 421 g/mol. The van der Waals surface area contributed by atoms with Gasteiger partial charge in [0.25, 0.3) is 0 Å². The summed E-state index contributed by atoms with van der Waals surface area (Å²) in [5, 5.41) is 0. The Bertz CT molecular complexity index is 510. The molecule has 0 saturated heterocycles. The number of hydrogen-bond acceptors (Lipinski definition) is 6. The second-order valence-corrected chi connectivity index (χ2v) is 10.6. The van der Waals surface area contributed by atoms with Crippen LogP contribution in [-0.2, 0) is 22.8 Å². The zero-order chi connectivity index (χ0) is 18.5. The van der Waals surface area contributed by atoms with Gasteiger partial charge < -0.3 is 34.3 Å². The van der Waals surface area contributed by atoms with Crippen molar-refractivity contribution in [3.05, 3.63) is 0 Å². The maximum atomic E-state index is 11.0.